The molecule has 0 radical (unpaired) electrons. The maximum Gasteiger partial charge on any atom is 0.407 e. The number of rotatable bonds is 24. The number of aromatic hydroxyl groups is 1. The van der Waals surface area contributed by atoms with Gasteiger partial charge in [0, 0.05) is 42.2 Å². The SMILES string of the molecule is COc1c2c(c(O)c3c4c(c(C)cc13)C1OC3(CNC(=O)OCc5ccc(O[C@@H]6O[C@H](C(=O)O)[C@@H](O)[C@H](O)[C@H]6O)c(-n6cc(COCCOCCOCCOCCN7C(=O)C=CC7=O)nn6)c5)OC1[C@@](OC)(O4)[C@@]31CO1)C(=O)CCC2. The van der Waals surface area contributed by atoms with Crippen LogP contribution >= 0.6 is 0 Å². The van der Waals surface area contributed by atoms with E-state index in [0.29, 0.717) is 46.4 Å². The lowest BCUT2D eigenvalue weighted by molar-refractivity contribution is -0.287. The van der Waals surface area contributed by atoms with Gasteiger partial charge in [-0.15, -0.1) is 5.10 Å². The maximum absolute atomic E-state index is 13.6. The van der Waals surface area contributed by atoms with Crippen LogP contribution in [0.25, 0.3) is 16.5 Å². The fourth-order valence-corrected chi connectivity index (χ4v) is 11.3. The van der Waals surface area contributed by atoms with Gasteiger partial charge in [0.25, 0.3) is 17.6 Å². The van der Waals surface area contributed by atoms with E-state index in [-0.39, 0.29) is 137 Å². The molecule has 28 heteroatoms. The Hall–Kier alpha value is -6.93. The Labute approximate surface area is 460 Å². The highest BCUT2D eigenvalue weighted by molar-refractivity contribution is 6.13. The molecule has 7 heterocycles. The normalized spacial score (nSPS) is 28.6. The summed E-state index contributed by atoms with van der Waals surface area (Å²) >= 11 is 0. The molecule has 4 fully saturated rings. The van der Waals surface area contributed by atoms with Gasteiger partial charge in [0.2, 0.25) is 17.7 Å². The smallest absolute Gasteiger partial charge is 0.407 e. The van der Waals surface area contributed by atoms with Crippen LogP contribution in [0.3, 0.4) is 0 Å². The number of methoxy groups -OCH3 is 2. The van der Waals surface area contributed by atoms with Crippen molar-refractivity contribution in [2.45, 2.75) is 99.5 Å². The summed E-state index contributed by atoms with van der Waals surface area (Å²) in [5.74, 6) is -5.45. The van der Waals surface area contributed by atoms with Crippen molar-refractivity contribution in [3.05, 3.63) is 76.1 Å². The minimum atomic E-state index is -1.97. The van der Waals surface area contributed by atoms with Crippen molar-refractivity contribution >= 4 is 40.4 Å². The average Bonchev–Trinajstić information content (AvgIpc) is 2.34. The van der Waals surface area contributed by atoms with Crippen molar-refractivity contribution in [1.29, 1.82) is 0 Å². The number of amides is 3. The number of alkyl carbamates (subject to hydrolysis) is 1. The highest BCUT2D eigenvalue weighted by Crippen LogP contribution is 2.71. The highest BCUT2D eigenvalue weighted by atomic mass is 16.9. The number of hydrogen-bond acceptors (Lipinski definition) is 24. The number of imide groups is 1. The van der Waals surface area contributed by atoms with E-state index in [2.05, 4.69) is 15.6 Å². The molecule has 11 rings (SSSR count). The van der Waals surface area contributed by atoms with Crippen molar-refractivity contribution in [1.82, 2.24) is 25.2 Å². The van der Waals surface area contributed by atoms with E-state index in [9.17, 15) is 49.5 Å². The van der Waals surface area contributed by atoms with Crippen LogP contribution in [0.2, 0.25) is 0 Å². The molecule has 7 aliphatic rings. The third kappa shape index (κ3) is 9.80. The molecule has 1 spiro atoms. The number of benzene rings is 3. The first-order valence-electron chi connectivity index (χ1n) is 26.1. The fourth-order valence-electron chi connectivity index (χ4n) is 11.3. The number of ether oxygens (including phenoxy) is 13. The average molecular weight is 1130 g/mol. The van der Waals surface area contributed by atoms with Crippen LogP contribution in [0, 0.1) is 6.92 Å². The summed E-state index contributed by atoms with van der Waals surface area (Å²) in [4.78, 5) is 63.1. The number of carboxylic acid groups (broad SMARTS) is 1. The second-order valence-electron chi connectivity index (χ2n) is 20.1. The number of nitrogens with one attached hydrogen (secondary N) is 1. The van der Waals surface area contributed by atoms with Crippen LogP contribution in [-0.4, -0.2) is 209 Å². The van der Waals surface area contributed by atoms with E-state index in [4.69, 9.17) is 61.6 Å². The number of aryl methyl sites for hydroxylation is 1. The molecule has 4 aromatic rings. The summed E-state index contributed by atoms with van der Waals surface area (Å²) in [6.45, 7) is 3.06. The van der Waals surface area contributed by atoms with Crippen LogP contribution in [-0.2, 0) is 81.4 Å². The van der Waals surface area contributed by atoms with E-state index in [1.165, 1.54) is 55.4 Å². The fraction of sp³-hybridized carbons (Fsp3) is 0.528. The van der Waals surface area contributed by atoms with Crippen molar-refractivity contribution in [2.75, 3.05) is 80.2 Å². The lowest BCUT2D eigenvalue weighted by atomic mass is 9.78. The van der Waals surface area contributed by atoms with Crippen LogP contribution < -0.4 is 19.5 Å². The van der Waals surface area contributed by atoms with Gasteiger partial charge in [-0.25, -0.2) is 14.3 Å². The summed E-state index contributed by atoms with van der Waals surface area (Å²) in [6, 6.07) is 6.27. The lowest BCUT2D eigenvalue weighted by Crippen LogP contribution is -2.69. The number of nitrogens with zero attached hydrogens (tertiary/aromatic N) is 4. The second kappa shape index (κ2) is 22.4. The predicted molar refractivity (Wildman–Crippen MR) is 267 cm³/mol. The number of aliphatic carboxylic acids is 1. The Morgan fingerprint density at radius 1 is 0.889 bits per heavy atom. The van der Waals surface area contributed by atoms with Gasteiger partial charge in [-0.2, -0.15) is 0 Å². The van der Waals surface area contributed by atoms with E-state index in [1.54, 1.807) is 0 Å². The first kappa shape index (κ1) is 56.0. The van der Waals surface area contributed by atoms with Crippen molar-refractivity contribution < 1.29 is 111 Å². The number of hydrogen-bond donors (Lipinski definition) is 6. The number of carbonyl (C=O) groups excluding carboxylic acids is 4. The largest absolute Gasteiger partial charge is 0.506 e. The molecular weight excluding hydrogens is 1070 g/mol. The number of carboxylic acids is 1. The number of aliphatic hydroxyl groups excluding tert-OH is 3. The van der Waals surface area contributed by atoms with Crippen molar-refractivity contribution in [3.63, 3.8) is 0 Å². The van der Waals surface area contributed by atoms with Gasteiger partial charge < -0.3 is 92.4 Å². The number of Topliss-reactive ketones (excluding diaryl/α,β-unsaturated/α-hetero) is 1. The standard InChI is InChI=1S/C53H59N5O23/c1-26-19-30-38(39(62)37-29(43(30)69-2)5-4-6-32(37)59)44-36(26)45-47-53(70-3,80-44)51(25-76-51)52(79-45,81-47)24-54-50(68)75-22-27-7-8-33(77-49-42(65)40(63)41(64)46(78-49)48(66)67)31(20-27)58-21-28(55-56-58)23-74-18-17-73-16-15-72-14-13-71-12-11-57-34(60)9-10-35(57)61/h7-10,19-21,40-42,45-47,49,62-65H,4-6,11-18,22-25H2,1-3H3,(H,54,68)(H,66,67)/t40-,41-,42+,45?,46-,47?,49+,51+,52?,53+/m0/s1. The molecule has 6 N–H and O–H groups in total. The predicted octanol–water partition coefficient (Wildman–Crippen LogP) is 0.321. The van der Waals surface area contributed by atoms with Gasteiger partial charge in [0.1, 0.15) is 65.4 Å². The quantitative estimate of drug-likeness (QED) is 0.0313. The number of fused-ring (bicyclic) bond motifs is 8. The molecule has 10 atom stereocenters. The van der Waals surface area contributed by atoms with Gasteiger partial charge in [-0.1, -0.05) is 11.3 Å². The van der Waals surface area contributed by atoms with Gasteiger partial charge in [-0.05, 0) is 49.1 Å². The van der Waals surface area contributed by atoms with Crippen LogP contribution in [0.4, 0.5) is 4.79 Å². The summed E-state index contributed by atoms with van der Waals surface area (Å²) in [6.07, 6.45) is -6.87. The minimum Gasteiger partial charge on any atom is -0.506 e. The molecule has 28 nitrogen and oxygen atoms in total. The van der Waals surface area contributed by atoms with Gasteiger partial charge in [0.15, 0.2) is 18.0 Å². The second-order valence-corrected chi connectivity index (χ2v) is 20.1. The van der Waals surface area contributed by atoms with E-state index < -0.39 is 72.2 Å². The molecule has 6 aliphatic heterocycles. The van der Waals surface area contributed by atoms with Crippen LogP contribution in [0.5, 0.6) is 23.0 Å². The molecule has 1 aromatic heterocycles. The molecule has 81 heavy (non-hydrogen) atoms. The Bertz CT molecular complexity index is 3150. The Kier molecular flexibility index (Phi) is 15.5. The molecule has 1 aliphatic carbocycles. The zero-order valence-corrected chi connectivity index (χ0v) is 44.1. The Morgan fingerprint density at radius 3 is 2.30 bits per heavy atom. The molecule has 2 bridgehead atoms. The number of ketones is 1. The van der Waals surface area contributed by atoms with Crippen molar-refractivity contribution in [2.24, 2.45) is 0 Å². The number of carbonyl (C=O) groups is 5. The lowest BCUT2D eigenvalue weighted by Gasteiger charge is -2.48. The van der Waals surface area contributed by atoms with Gasteiger partial charge in [-0.3, -0.25) is 19.3 Å². The van der Waals surface area contributed by atoms with Gasteiger partial charge in [0.05, 0.1) is 96.8 Å². The van der Waals surface area contributed by atoms with Crippen molar-refractivity contribution in [3.8, 4) is 28.7 Å². The van der Waals surface area contributed by atoms with Gasteiger partial charge >= 0.3 is 12.1 Å². The first-order valence-corrected chi connectivity index (χ1v) is 26.1. The monoisotopic (exact) mass is 1130 g/mol. The molecule has 3 amide bonds. The topological polar surface area (TPSA) is 356 Å². The third-order valence-electron chi connectivity index (χ3n) is 15.3. The Balaban J connectivity index is 0.729. The number of phenolic OH excluding ortho intramolecular Hbond substituents is 1. The number of aromatic nitrogens is 3. The zero-order valence-electron chi connectivity index (χ0n) is 44.1. The molecular formula is C53H59N5O23. The highest BCUT2D eigenvalue weighted by Gasteiger charge is 2.91. The Morgan fingerprint density at radius 2 is 1.60 bits per heavy atom. The molecule has 3 aromatic carbocycles. The zero-order chi connectivity index (χ0) is 57.0. The molecule has 4 saturated heterocycles. The minimum absolute atomic E-state index is 0.0121. The van der Waals surface area contributed by atoms with E-state index in [0.717, 1.165) is 10.5 Å². The number of phenols is 1. The first-order chi connectivity index (χ1) is 39.1. The van der Waals surface area contributed by atoms with E-state index >= 15 is 0 Å². The molecule has 0 saturated carbocycles. The van der Waals surface area contributed by atoms with Crippen LogP contribution in [0.15, 0.2) is 42.6 Å². The summed E-state index contributed by atoms with van der Waals surface area (Å²) in [5.41, 5.74) is 1.54. The number of aliphatic hydroxyl groups is 3. The summed E-state index contributed by atoms with van der Waals surface area (Å²) in [5, 5.41) is 65.0. The number of epoxide rings is 1. The third-order valence-corrected chi connectivity index (χ3v) is 15.3. The maximum atomic E-state index is 13.6. The molecule has 3 unspecified atom stereocenters. The molecule has 434 valence electrons. The van der Waals surface area contributed by atoms with E-state index in [1.807, 2.05) is 13.0 Å². The summed E-state index contributed by atoms with van der Waals surface area (Å²) in [7, 11) is 2.95. The summed E-state index contributed by atoms with van der Waals surface area (Å²) < 4.78 is 79.0. The van der Waals surface area contributed by atoms with Crippen LogP contribution in [0.1, 0.15) is 57.3 Å².